The second kappa shape index (κ2) is 4.30. The monoisotopic (exact) mass is 114 g/mol. The van der Waals surface area contributed by atoms with Crippen molar-refractivity contribution in [2.75, 3.05) is 0 Å². The van der Waals surface area contributed by atoms with Crippen LogP contribution in [0.4, 0.5) is 0 Å². The second-order valence-corrected chi connectivity index (χ2v) is 1.72. The van der Waals surface area contributed by atoms with E-state index < -0.39 is 0 Å². The van der Waals surface area contributed by atoms with E-state index in [1.54, 1.807) is 6.21 Å². The van der Waals surface area contributed by atoms with E-state index in [-0.39, 0.29) is 0 Å². The van der Waals surface area contributed by atoms with Crippen molar-refractivity contribution < 1.29 is 4.84 Å². The molecule has 0 saturated carbocycles. The Morgan fingerprint density at radius 2 is 2.25 bits per heavy atom. The molecule has 0 aromatic carbocycles. The fraction of sp³-hybridized carbons (Fsp3) is 0.600. The van der Waals surface area contributed by atoms with E-state index in [1.165, 1.54) is 0 Å². The van der Waals surface area contributed by atoms with Gasteiger partial charge >= 0.3 is 0 Å². The maximum atomic E-state index is 6.39. The Hall–Kier alpha value is -0.860. The van der Waals surface area contributed by atoms with Crippen LogP contribution in [0.5, 0.6) is 0 Å². The number of rotatable bonds is 3. The van der Waals surface area contributed by atoms with Crippen LogP contribution in [-0.4, -0.2) is 12.6 Å². The second-order valence-electron chi connectivity index (χ2n) is 1.72. The average molecular weight is 114 g/mol. The largest absolute Gasteiger partial charge is 0.346 e. The number of hydrogen-bond donors (Lipinski definition) is 1. The predicted molar refractivity (Wildman–Crippen MR) is 33.2 cm³/mol. The minimum absolute atomic E-state index is 0.384. The Labute approximate surface area is 48.8 Å². The molecule has 0 heterocycles. The number of oxime groups is 1. The van der Waals surface area contributed by atoms with Gasteiger partial charge in [-0.3, -0.25) is 5.41 Å². The van der Waals surface area contributed by atoms with Gasteiger partial charge in [0, 0.05) is 6.21 Å². The molecule has 0 saturated heterocycles. The van der Waals surface area contributed by atoms with Crippen LogP contribution in [0, 0.1) is 11.3 Å². The first kappa shape index (κ1) is 7.14. The molecule has 0 unspecified atom stereocenters. The van der Waals surface area contributed by atoms with Crippen LogP contribution in [-0.2, 0) is 4.84 Å². The van der Waals surface area contributed by atoms with Gasteiger partial charge in [0.05, 0.1) is 0 Å². The lowest BCUT2D eigenvalue weighted by molar-refractivity contribution is 0.342. The van der Waals surface area contributed by atoms with Crippen LogP contribution in [0.3, 0.4) is 0 Å². The first-order valence-electron chi connectivity index (χ1n) is 2.45. The zero-order valence-electron chi connectivity index (χ0n) is 5.09. The highest BCUT2D eigenvalue weighted by Crippen LogP contribution is 1.83. The lowest BCUT2D eigenvalue weighted by Gasteiger charge is -1.88. The van der Waals surface area contributed by atoms with Gasteiger partial charge in [-0.25, -0.2) is 0 Å². The van der Waals surface area contributed by atoms with Crippen molar-refractivity contribution >= 4 is 12.6 Å². The molecule has 0 fully saturated rings. The van der Waals surface area contributed by atoms with Crippen LogP contribution < -0.4 is 0 Å². The molecule has 0 radical (unpaired) electrons. The smallest absolute Gasteiger partial charge is 0.204 e. The summed E-state index contributed by atoms with van der Waals surface area (Å²) in [5.41, 5.74) is 0. The Kier molecular flexibility index (Phi) is 3.84. The fourth-order valence-corrected chi connectivity index (χ4v) is 0.187. The van der Waals surface area contributed by atoms with E-state index in [9.17, 15) is 0 Å². The van der Waals surface area contributed by atoms with Gasteiger partial charge in [-0.2, -0.15) is 0 Å². The van der Waals surface area contributed by atoms with Gasteiger partial charge in [-0.1, -0.05) is 19.0 Å². The quantitative estimate of drug-likeness (QED) is 0.335. The zero-order valence-corrected chi connectivity index (χ0v) is 5.09. The van der Waals surface area contributed by atoms with Gasteiger partial charge in [0.15, 0.2) is 0 Å². The summed E-state index contributed by atoms with van der Waals surface area (Å²) in [6, 6.07) is 0. The summed E-state index contributed by atoms with van der Waals surface area (Å²) in [4.78, 5) is 4.26. The van der Waals surface area contributed by atoms with Crippen molar-refractivity contribution in [1.29, 1.82) is 5.41 Å². The molecule has 0 aromatic heterocycles. The normalized spacial score (nSPS) is 10.4. The molecule has 0 aliphatic rings. The molecule has 0 aliphatic heterocycles. The van der Waals surface area contributed by atoms with Crippen LogP contribution >= 0.6 is 0 Å². The van der Waals surface area contributed by atoms with Gasteiger partial charge in [-0.15, -0.1) is 0 Å². The van der Waals surface area contributed by atoms with Crippen molar-refractivity contribution in [3.63, 3.8) is 0 Å². The summed E-state index contributed by atoms with van der Waals surface area (Å²) >= 11 is 0. The molecule has 3 nitrogen and oxygen atoms in total. The van der Waals surface area contributed by atoms with E-state index in [1.807, 2.05) is 13.8 Å². The van der Waals surface area contributed by atoms with Crippen LogP contribution in [0.15, 0.2) is 5.16 Å². The van der Waals surface area contributed by atoms with Crippen molar-refractivity contribution in [3.05, 3.63) is 0 Å². The topological polar surface area (TPSA) is 45.4 Å². The van der Waals surface area contributed by atoms with E-state index in [4.69, 9.17) is 5.41 Å². The molecular weight excluding hydrogens is 104 g/mol. The molecule has 46 valence electrons. The van der Waals surface area contributed by atoms with Crippen LogP contribution in [0.1, 0.15) is 13.8 Å². The average Bonchev–Trinajstić information content (AvgIpc) is 1.66. The van der Waals surface area contributed by atoms with Crippen molar-refractivity contribution in [3.8, 4) is 0 Å². The number of nitrogens with zero attached hydrogens (tertiary/aromatic N) is 1. The molecule has 0 aromatic rings. The molecule has 3 heteroatoms. The standard InChI is InChI=1S/C5H10N2O/c1-5(2)3-7-8-4-6/h3-6H,1-2H3/b6-4?,7-3-. The first-order valence-corrected chi connectivity index (χ1v) is 2.45. The molecule has 0 spiro atoms. The summed E-state index contributed by atoms with van der Waals surface area (Å²) < 4.78 is 0. The van der Waals surface area contributed by atoms with E-state index in [0.29, 0.717) is 5.92 Å². The minimum Gasteiger partial charge on any atom is -0.346 e. The van der Waals surface area contributed by atoms with Gasteiger partial charge in [-0.05, 0) is 5.92 Å². The number of nitrogens with one attached hydrogen (secondary N) is 1. The van der Waals surface area contributed by atoms with Crippen molar-refractivity contribution in [1.82, 2.24) is 0 Å². The van der Waals surface area contributed by atoms with Gasteiger partial charge < -0.3 is 4.84 Å². The molecular formula is C5H10N2O. The summed E-state index contributed by atoms with van der Waals surface area (Å²) in [5, 5.41) is 9.81. The van der Waals surface area contributed by atoms with Gasteiger partial charge in [0.25, 0.3) is 0 Å². The molecule has 0 aliphatic carbocycles. The molecule has 0 amide bonds. The highest BCUT2D eigenvalue weighted by Gasteiger charge is 1.81. The maximum absolute atomic E-state index is 6.39. The molecule has 8 heavy (non-hydrogen) atoms. The zero-order chi connectivity index (χ0) is 6.41. The third-order valence-corrected chi connectivity index (χ3v) is 0.473. The third kappa shape index (κ3) is 5.14. The molecule has 0 atom stereocenters. The summed E-state index contributed by atoms with van der Waals surface area (Å²) in [5.74, 6) is 0.384. The molecule has 0 bridgehead atoms. The lowest BCUT2D eigenvalue weighted by atomic mass is 10.3. The van der Waals surface area contributed by atoms with E-state index in [0.717, 1.165) is 6.40 Å². The van der Waals surface area contributed by atoms with E-state index >= 15 is 0 Å². The Bertz CT molecular complexity index is 88.4. The van der Waals surface area contributed by atoms with Crippen molar-refractivity contribution in [2.24, 2.45) is 11.1 Å². The van der Waals surface area contributed by atoms with Crippen LogP contribution in [0.2, 0.25) is 0 Å². The van der Waals surface area contributed by atoms with Crippen LogP contribution in [0.25, 0.3) is 0 Å². The van der Waals surface area contributed by atoms with Gasteiger partial charge in [0.1, 0.15) is 0 Å². The molecule has 1 N–H and O–H groups in total. The first-order chi connectivity index (χ1) is 3.77. The summed E-state index contributed by atoms with van der Waals surface area (Å²) in [6.07, 6.45) is 2.42. The maximum Gasteiger partial charge on any atom is 0.204 e. The summed E-state index contributed by atoms with van der Waals surface area (Å²) in [6.45, 7) is 3.97. The van der Waals surface area contributed by atoms with Crippen molar-refractivity contribution in [2.45, 2.75) is 13.8 Å². The Balaban J connectivity index is 3.19. The van der Waals surface area contributed by atoms with Gasteiger partial charge in [0.2, 0.25) is 6.40 Å². The summed E-state index contributed by atoms with van der Waals surface area (Å²) in [7, 11) is 0. The Morgan fingerprint density at radius 1 is 1.62 bits per heavy atom. The lowest BCUT2D eigenvalue weighted by Crippen LogP contribution is -1.87. The molecule has 0 rings (SSSR count). The minimum atomic E-state index is 0.384. The predicted octanol–water partition coefficient (Wildman–Crippen LogP) is 1.25. The third-order valence-electron chi connectivity index (χ3n) is 0.473. The van der Waals surface area contributed by atoms with E-state index in [2.05, 4.69) is 9.99 Å². The Morgan fingerprint density at radius 3 is 2.62 bits per heavy atom. The number of hydrogen-bond acceptors (Lipinski definition) is 3. The fourth-order valence-electron chi connectivity index (χ4n) is 0.187. The highest BCUT2D eigenvalue weighted by molar-refractivity contribution is 5.59. The SMILES string of the molecule is CC(C)/C=N\OC=N. The highest BCUT2D eigenvalue weighted by atomic mass is 16.6.